The van der Waals surface area contributed by atoms with E-state index in [2.05, 4.69) is 48.4 Å². The minimum Gasteiger partial charge on any atom is -0.302 e. The molecule has 1 N–H and O–H groups in total. The second-order valence-electron chi connectivity index (χ2n) is 5.79. The number of aryl methyl sites for hydroxylation is 3. The van der Waals surface area contributed by atoms with Gasteiger partial charge in [-0.25, -0.2) is 4.98 Å². The lowest BCUT2D eigenvalue weighted by atomic mass is 10.1. The van der Waals surface area contributed by atoms with Crippen molar-refractivity contribution in [1.29, 1.82) is 0 Å². The summed E-state index contributed by atoms with van der Waals surface area (Å²) in [6.45, 7) is 6.24. The number of hydrogen-bond donors (Lipinski definition) is 1. The summed E-state index contributed by atoms with van der Waals surface area (Å²) < 4.78 is 1.15. The lowest BCUT2D eigenvalue weighted by Crippen LogP contribution is -2.14. The Morgan fingerprint density at radius 2 is 1.70 bits per heavy atom. The van der Waals surface area contributed by atoms with Crippen molar-refractivity contribution < 1.29 is 4.79 Å². The van der Waals surface area contributed by atoms with Crippen LogP contribution in [0.3, 0.4) is 0 Å². The van der Waals surface area contributed by atoms with Crippen molar-refractivity contribution in [2.45, 2.75) is 33.6 Å². The van der Waals surface area contributed by atoms with Gasteiger partial charge in [0.15, 0.2) is 5.13 Å². The third kappa shape index (κ3) is 3.42. The van der Waals surface area contributed by atoms with E-state index >= 15 is 0 Å². The van der Waals surface area contributed by atoms with Gasteiger partial charge in [-0.1, -0.05) is 54.7 Å². The standard InChI is InChI=1S/C19H20N2OS/c1-4-14-7-9-15(10-8-14)11-16(22)20-19-21-17-12(2)5-6-13(3)18(17)23-19/h5-10H,4,11H2,1-3H3,(H,20,21,22). The smallest absolute Gasteiger partial charge is 0.230 e. The Morgan fingerprint density at radius 3 is 2.35 bits per heavy atom. The zero-order valence-corrected chi connectivity index (χ0v) is 14.5. The first kappa shape index (κ1) is 15.7. The number of thiazole rings is 1. The second-order valence-corrected chi connectivity index (χ2v) is 6.79. The Bertz CT molecular complexity index is 811. The van der Waals surface area contributed by atoms with Crippen LogP contribution < -0.4 is 5.32 Å². The quantitative estimate of drug-likeness (QED) is 0.758. The number of nitrogens with zero attached hydrogens (tertiary/aromatic N) is 1. The molecule has 0 saturated carbocycles. The molecule has 0 aliphatic carbocycles. The fourth-order valence-electron chi connectivity index (χ4n) is 2.55. The third-order valence-corrected chi connectivity index (χ3v) is 5.09. The average Bonchev–Trinajstić information content (AvgIpc) is 2.96. The summed E-state index contributed by atoms with van der Waals surface area (Å²) >= 11 is 1.54. The number of rotatable bonds is 4. The van der Waals surface area contributed by atoms with E-state index in [4.69, 9.17) is 0 Å². The highest BCUT2D eigenvalue weighted by Crippen LogP contribution is 2.30. The monoisotopic (exact) mass is 324 g/mol. The molecule has 23 heavy (non-hydrogen) atoms. The molecule has 0 radical (unpaired) electrons. The molecule has 3 aromatic rings. The number of fused-ring (bicyclic) bond motifs is 1. The lowest BCUT2D eigenvalue weighted by molar-refractivity contribution is -0.115. The molecule has 118 valence electrons. The molecular weight excluding hydrogens is 304 g/mol. The molecule has 0 aliphatic rings. The Morgan fingerprint density at radius 1 is 1.04 bits per heavy atom. The molecule has 4 heteroatoms. The number of nitrogens with one attached hydrogen (secondary N) is 1. The molecule has 2 aromatic carbocycles. The maximum atomic E-state index is 12.2. The first-order valence-corrected chi connectivity index (χ1v) is 8.63. The molecule has 0 bridgehead atoms. The summed E-state index contributed by atoms with van der Waals surface area (Å²) in [5.41, 5.74) is 5.62. The van der Waals surface area contributed by atoms with Crippen LogP contribution in [-0.2, 0) is 17.6 Å². The number of carbonyl (C=O) groups is 1. The molecule has 0 aliphatic heterocycles. The van der Waals surface area contributed by atoms with Gasteiger partial charge in [0, 0.05) is 0 Å². The molecular formula is C19H20N2OS. The van der Waals surface area contributed by atoms with Crippen LogP contribution in [0.1, 0.15) is 29.2 Å². The zero-order valence-electron chi connectivity index (χ0n) is 13.6. The topological polar surface area (TPSA) is 42.0 Å². The molecule has 0 unspecified atom stereocenters. The first-order valence-electron chi connectivity index (χ1n) is 7.81. The van der Waals surface area contributed by atoms with E-state index in [0.29, 0.717) is 11.6 Å². The Kier molecular flexibility index (Phi) is 4.44. The summed E-state index contributed by atoms with van der Waals surface area (Å²) in [5, 5.41) is 3.61. The number of benzene rings is 2. The molecule has 1 amide bonds. The minimum absolute atomic E-state index is 0.0244. The molecule has 3 rings (SSSR count). The van der Waals surface area contributed by atoms with Crippen LogP contribution >= 0.6 is 11.3 Å². The number of anilines is 1. The van der Waals surface area contributed by atoms with E-state index in [1.165, 1.54) is 22.5 Å². The number of amides is 1. The Hall–Kier alpha value is -2.20. The van der Waals surface area contributed by atoms with Gasteiger partial charge in [0.25, 0.3) is 0 Å². The van der Waals surface area contributed by atoms with Gasteiger partial charge < -0.3 is 5.32 Å². The largest absolute Gasteiger partial charge is 0.302 e. The summed E-state index contributed by atoms with van der Waals surface area (Å²) in [4.78, 5) is 16.8. The first-order chi connectivity index (χ1) is 11.1. The van der Waals surface area contributed by atoms with Crippen LogP contribution in [-0.4, -0.2) is 10.9 Å². The molecule has 3 nitrogen and oxygen atoms in total. The minimum atomic E-state index is -0.0244. The lowest BCUT2D eigenvalue weighted by Gasteiger charge is -2.03. The van der Waals surface area contributed by atoms with Crippen molar-refractivity contribution in [1.82, 2.24) is 4.98 Å². The van der Waals surface area contributed by atoms with Crippen molar-refractivity contribution in [3.63, 3.8) is 0 Å². The van der Waals surface area contributed by atoms with Crippen molar-refractivity contribution >= 4 is 32.6 Å². The van der Waals surface area contributed by atoms with Gasteiger partial charge in [-0.05, 0) is 42.5 Å². The van der Waals surface area contributed by atoms with Crippen LogP contribution in [0.4, 0.5) is 5.13 Å². The predicted molar refractivity (Wildman–Crippen MR) is 97.2 cm³/mol. The number of hydrogen-bond acceptors (Lipinski definition) is 3. The van der Waals surface area contributed by atoms with Crippen molar-refractivity contribution in [2.24, 2.45) is 0 Å². The van der Waals surface area contributed by atoms with E-state index in [9.17, 15) is 4.79 Å². The summed E-state index contributed by atoms with van der Waals surface area (Å²) in [6, 6.07) is 12.4. The zero-order chi connectivity index (χ0) is 16.4. The summed E-state index contributed by atoms with van der Waals surface area (Å²) in [5.74, 6) is -0.0244. The van der Waals surface area contributed by atoms with Crippen molar-refractivity contribution in [2.75, 3.05) is 5.32 Å². The molecule has 0 fully saturated rings. The normalized spacial score (nSPS) is 10.9. The van der Waals surface area contributed by atoms with Gasteiger partial charge in [0.05, 0.1) is 16.6 Å². The van der Waals surface area contributed by atoms with E-state index in [0.717, 1.165) is 27.8 Å². The summed E-state index contributed by atoms with van der Waals surface area (Å²) in [7, 11) is 0. The highest BCUT2D eigenvalue weighted by Gasteiger charge is 2.11. The third-order valence-electron chi connectivity index (χ3n) is 3.98. The molecule has 1 heterocycles. The van der Waals surface area contributed by atoms with Crippen LogP contribution in [0, 0.1) is 13.8 Å². The van der Waals surface area contributed by atoms with Gasteiger partial charge in [-0.2, -0.15) is 0 Å². The molecule has 0 atom stereocenters. The fraction of sp³-hybridized carbons (Fsp3) is 0.263. The van der Waals surface area contributed by atoms with E-state index in [-0.39, 0.29) is 5.91 Å². The predicted octanol–water partition coefficient (Wildman–Crippen LogP) is 4.66. The molecule has 0 spiro atoms. The van der Waals surface area contributed by atoms with E-state index < -0.39 is 0 Å². The van der Waals surface area contributed by atoms with Gasteiger partial charge >= 0.3 is 0 Å². The van der Waals surface area contributed by atoms with Gasteiger partial charge in [-0.15, -0.1) is 0 Å². The van der Waals surface area contributed by atoms with E-state index in [1.54, 1.807) is 0 Å². The number of carbonyl (C=O) groups excluding carboxylic acids is 1. The van der Waals surface area contributed by atoms with Crippen LogP contribution in [0.2, 0.25) is 0 Å². The maximum Gasteiger partial charge on any atom is 0.230 e. The molecule has 1 aromatic heterocycles. The van der Waals surface area contributed by atoms with Gasteiger partial charge in [0.2, 0.25) is 5.91 Å². The van der Waals surface area contributed by atoms with Crippen molar-refractivity contribution in [3.05, 3.63) is 58.7 Å². The van der Waals surface area contributed by atoms with Gasteiger partial charge in [-0.3, -0.25) is 4.79 Å². The highest BCUT2D eigenvalue weighted by molar-refractivity contribution is 7.22. The number of aromatic nitrogens is 1. The van der Waals surface area contributed by atoms with Crippen molar-refractivity contribution in [3.8, 4) is 0 Å². The molecule has 0 saturated heterocycles. The Balaban J connectivity index is 1.74. The summed E-state index contributed by atoms with van der Waals surface area (Å²) in [6.07, 6.45) is 1.38. The van der Waals surface area contributed by atoms with E-state index in [1.807, 2.05) is 19.1 Å². The maximum absolute atomic E-state index is 12.2. The SMILES string of the molecule is CCc1ccc(CC(=O)Nc2nc3c(C)ccc(C)c3s2)cc1. The highest BCUT2D eigenvalue weighted by atomic mass is 32.1. The van der Waals surface area contributed by atoms with Crippen LogP contribution in [0.15, 0.2) is 36.4 Å². The second kappa shape index (κ2) is 6.50. The van der Waals surface area contributed by atoms with Crippen LogP contribution in [0.5, 0.6) is 0 Å². The van der Waals surface area contributed by atoms with Gasteiger partial charge in [0.1, 0.15) is 0 Å². The fourth-order valence-corrected chi connectivity index (χ4v) is 3.58. The Labute approximate surface area is 140 Å². The average molecular weight is 324 g/mol. The van der Waals surface area contributed by atoms with Crippen LogP contribution in [0.25, 0.3) is 10.2 Å².